The van der Waals surface area contributed by atoms with Gasteiger partial charge in [-0.25, -0.2) is 4.98 Å². The lowest BCUT2D eigenvalue weighted by atomic mass is 10.3. The van der Waals surface area contributed by atoms with Gasteiger partial charge in [-0.3, -0.25) is 0 Å². The first kappa shape index (κ1) is 13.6. The molecule has 2 rings (SSSR count). The molecule has 6 heteroatoms. The predicted octanol–water partition coefficient (Wildman–Crippen LogP) is 4.90. The zero-order valence-electron chi connectivity index (χ0n) is 9.45. The standard InChI is InChI=1S/C12H9BrCl2N2O/c1-2-11-16-10(13)6-12(17-11)18-9-5-7(14)3-4-8(9)15/h3-6H,2H2,1H3. The van der Waals surface area contributed by atoms with Gasteiger partial charge in [0.1, 0.15) is 16.2 Å². The van der Waals surface area contributed by atoms with E-state index in [1.807, 2.05) is 6.92 Å². The number of hydrogen-bond donors (Lipinski definition) is 0. The summed E-state index contributed by atoms with van der Waals surface area (Å²) in [7, 11) is 0. The lowest BCUT2D eigenvalue weighted by Gasteiger charge is -2.08. The van der Waals surface area contributed by atoms with Crippen molar-refractivity contribution in [3.8, 4) is 11.6 Å². The lowest BCUT2D eigenvalue weighted by Crippen LogP contribution is -1.96. The van der Waals surface area contributed by atoms with Gasteiger partial charge in [0.2, 0.25) is 5.88 Å². The Morgan fingerprint density at radius 2 is 2.00 bits per heavy atom. The number of nitrogens with zero attached hydrogens (tertiary/aromatic N) is 2. The minimum Gasteiger partial charge on any atom is -0.437 e. The van der Waals surface area contributed by atoms with Crippen LogP contribution in [0.3, 0.4) is 0 Å². The van der Waals surface area contributed by atoms with Crippen LogP contribution in [0.5, 0.6) is 11.6 Å². The van der Waals surface area contributed by atoms with Crippen LogP contribution in [0.4, 0.5) is 0 Å². The fourth-order valence-corrected chi connectivity index (χ4v) is 2.04. The quantitative estimate of drug-likeness (QED) is 0.740. The third-order valence-corrected chi connectivity index (χ3v) is 3.10. The molecule has 1 aromatic heterocycles. The molecule has 18 heavy (non-hydrogen) atoms. The highest BCUT2D eigenvalue weighted by molar-refractivity contribution is 9.10. The van der Waals surface area contributed by atoms with Crippen LogP contribution in [-0.2, 0) is 6.42 Å². The van der Waals surface area contributed by atoms with E-state index in [2.05, 4.69) is 25.9 Å². The Morgan fingerprint density at radius 1 is 1.22 bits per heavy atom. The average Bonchev–Trinajstić information content (AvgIpc) is 2.33. The summed E-state index contributed by atoms with van der Waals surface area (Å²) in [4.78, 5) is 8.45. The van der Waals surface area contributed by atoms with Gasteiger partial charge in [-0.05, 0) is 28.1 Å². The molecule has 0 aliphatic heterocycles. The second-order valence-electron chi connectivity index (χ2n) is 3.48. The molecule has 3 nitrogen and oxygen atoms in total. The highest BCUT2D eigenvalue weighted by Crippen LogP contribution is 2.31. The monoisotopic (exact) mass is 346 g/mol. The van der Waals surface area contributed by atoms with Crippen molar-refractivity contribution in [3.05, 3.63) is 44.7 Å². The molecule has 0 unspecified atom stereocenters. The van der Waals surface area contributed by atoms with E-state index in [1.54, 1.807) is 24.3 Å². The predicted molar refractivity (Wildman–Crippen MR) is 75.6 cm³/mol. The molecule has 0 radical (unpaired) electrons. The summed E-state index contributed by atoms with van der Waals surface area (Å²) in [5.74, 6) is 1.59. The van der Waals surface area contributed by atoms with Crippen LogP contribution in [0.25, 0.3) is 0 Å². The van der Waals surface area contributed by atoms with Crippen LogP contribution < -0.4 is 4.74 Å². The van der Waals surface area contributed by atoms with Gasteiger partial charge < -0.3 is 4.74 Å². The number of aromatic nitrogens is 2. The summed E-state index contributed by atoms with van der Waals surface area (Å²) >= 11 is 15.2. The summed E-state index contributed by atoms with van der Waals surface area (Å²) in [6.07, 6.45) is 0.721. The molecule has 94 valence electrons. The highest BCUT2D eigenvalue weighted by Gasteiger charge is 2.07. The number of aryl methyl sites for hydroxylation is 1. The Hall–Kier alpha value is -0.840. The van der Waals surface area contributed by atoms with Gasteiger partial charge in [0.05, 0.1) is 5.02 Å². The van der Waals surface area contributed by atoms with Crippen molar-refractivity contribution in [2.24, 2.45) is 0 Å². The molecule has 0 N–H and O–H groups in total. The van der Waals surface area contributed by atoms with Gasteiger partial charge in [0, 0.05) is 23.6 Å². The molecule has 0 spiro atoms. The van der Waals surface area contributed by atoms with Gasteiger partial charge in [-0.2, -0.15) is 4.98 Å². The highest BCUT2D eigenvalue weighted by atomic mass is 79.9. The minimum absolute atomic E-state index is 0.429. The summed E-state index contributed by atoms with van der Waals surface area (Å²) in [5.41, 5.74) is 0. The summed E-state index contributed by atoms with van der Waals surface area (Å²) in [6.45, 7) is 1.97. The molecule has 0 aliphatic rings. The van der Waals surface area contributed by atoms with Gasteiger partial charge in [0.25, 0.3) is 0 Å². The lowest BCUT2D eigenvalue weighted by molar-refractivity contribution is 0.458. The zero-order chi connectivity index (χ0) is 13.1. The average molecular weight is 348 g/mol. The van der Waals surface area contributed by atoms with Crippen molar-refractivity contribution < 1.29 is 4.74 Å². The molecule has 1 aromatic carbocycles. The van der Waals surface area contributed by atoms with Gasteiger partial charge in [0.15, 0.2) is 0 Å². The van der Waals surface area contributed by atoms with Crippen LogP contribution in [0.15, 0.2) is 28.9 Å². The number of halogens is 3. The van der Waals surface area contributed by atoms with Crippen LogP contribution in [0.1, 0.15) is 12.7 Å². The van der Waals surface area contributed by atoms with Crippen LogP contribution >= 0.6 is 39.1 Å². The summed E-state index contributed by atoms with van der Waals surface area (Å²) < 4.78 is 6.28. The summed E-state index contributed by atoms with van der Waals surface area (Å²) in [5, 5.41) is 1.03. The molecule has 0 saturated carbocycles. The van der Waals surface area contributed by atoms with Crippen molar-refractivity contribution in [2.45, 2.75) is 13.3 Å². The maximum Gasteiger partial charge on any atom is 0.223 e. The van der Waals surface area contributed by atoms with E-state index in [-0.39, 0.29) is 0 Å². The van der Waals surface area contributed by atoms with E-state index < -0.39 is 0 Å². The van der Waals surface area contributed by atoms with Crippen molar-refractivity contribution in [2.75, 3.05) is 0 Å². The van der Waals surface area contributed by atoms with E-state index in [9.17, 15) is 0 Å². The molecule has 0 aliphatic carbocycles. The fraction of sp³-hybridized carbons (Fsp3) is 0.167. The minimum atomic E-state index is 0.429. The SMILES string of the molecule is CCc1nc(Br)cc(Oc2cc(Cl)ccc2Cl)n1. The third kappa shape index (κ3) is 3.34. The molecular formula is C12H9BrCl2N2O. The van der Waals surface area contributed by atoms with E-state index in [0.717, 1.165) is 6.42 Å². The van der Waals surface area contributed by atoms with Crippen molar-refractivity contribution in [3.63, 3.8) is 0 Å². The molecule has 0 bridgehead atoms. The second-order valence-corrected chi connectivity index (χ2v) is 5.13. The first-order valence-corrected chi connectivity index (χ1v) is 6.79. The van der Waals surface area contributed by atoms with Crippen LogP contribution in [0, 0.1) is 0 Å². The first-order valence-electron chi connectivity index (χ1n) is 5.25. The first-order chi connectivity index (χ1) is 8.58. The largest absolute Gasteiger partial charge is 0.437 e. The summed E-state index contributed by atoms with van der Waals surface area (Å²) in [6, 6.07) is 6.70. The maximum atomic E-state index is 6.02. The van der Waals surface area contributed by atoms with Crippen molar-refractivity contribution in [1.29, 1.82) is 0 Å². The third-order valence-electron chi connectivity index (χ3n) is 2.14. The van der Waals surface area contributed by atoms with E-state index >= 15 is 0 Å². The van der Waals surface area contributed by atoms with Crippen molar-refractivity contribution >= 4 is 39.1 Å². The van der Waals surface area contributed by atoms with Gasteiger partial charge in [-0.1, -0.05) is 30.1 Å². The molecule has 1 heterocycles. The molecule has 2 aromatic rings. The van der Waals surface area contributed by atoms with E-state index in [4.69, 9.17) is 27.9 Å². The number of rotatable bonds is 3. The number of benzene rings is 1. The molecular weight excluding hydrogens is 339 g/mol. The molecule has 0 amide bonds. The zero-order valence-corrected chi connectivity index (χ0v) is 12.6. The second kappa shape index (κ2) is 5.87. The Labute approximate surface area is 123 Å². The molecule has 0 atom stereocenters. The van der Waals surface area contributed by atoms with Crippen LogP contribution in [0.2, 0.25) is 10.0 Å². The van der Waals surface area contributed by atoms with E-state index in [0.29, 0.717) is 32.1 Å². The molecule has 0 saturated heterocycles. The van der Waals surface area contributed by atoms with Gasteiger partial charge in [-0.15, -0.1) is 0 Å². The van der Waals surface area contributed by atoms with E-state index in [1.165, 1.54) is 0 Å². The van der Waals surface area contributed by atoms with Crippen molar-refractivity contribution in [1.82, 2.24) is 9.97 Å². The Morgan fingerprint density at radius 3 is 2.72 bits per heavy atom. The van der Waals surface area contributed by atoms with Crippen LogP contribution in [-0.4, -0.2) is 9.97 Å². The Kier molecular flexibility index (Phi) is 4.43. The molecule has 0 fully saturated rings. The normalized spacial score (nSPS) is 10.4. The number of ether oxygens (including phenoxy) is 1. The topological polar surface area (TPSA) is 35.0 Å². The number of hydrogen-bond acceptors (Lipinski definition) is 3. The Balaban J connectivity index is 2.33. The Bertz CT molecular complexity index is 578. The smallest absolute Gasteiger partial charge is 0.223 e. The maximum absolute atomic E-state index is 6.02. The van der Waals surface area contributed by atoms with Gasteiger partial charge >= 0.3 is 0 Å². The fourth-order valence-electron chi connectivity index (χ4n) is 1.32.